The standard InChI is InChI=1S/C33H33NO3/c1-33(2)30-21-25(36)12-13-27(30)29-19-22-10-11-24(35)20-28(22)31(32(29)33)23-8-6-9-26(18-23)37-17-7-16-34-14-4-3-5-15-34/h3-4,6,8-13,18-21,35-36H,5,7,14-17H2,1-2H3. The van der Waals surface area contributed by atoms with E-state index in [0.717, 1.165) is 71.3 Å². The lowest BCUT2D eigenvalue weighted by atomic mass is 9.77. The summed E-state index contributed by atoms with van der Waals surface area (Å²) >= 11 is 0. The molecule has 0 saturated carbocycles. The predicted octanol–water partition coefficient (Wildman–Crippen LogP) is 7.26. The van der Waals surface area contributed by atoms with Crippen molar-refractivity contribution in [2.75, 3.05) is 26.2 Å². The van der Waals surface area contributed by atoms with E-state index in [1.807, 2.05) is 30.3 Å². The summed E-state index contributed by atoms with van der Waals surface area (Å²) < 4.78 is 6.22. The van der Waals surface area contributed by atoms with Crippen LogP contribution >= 0.6 is 0 Å². The van der Waals surface area contributed by atoms with Crippen LogP contribution in [-0.4, -0.2) is 41.4 Å². The molecule has 1 aliphatic carbocycles. The van der Waals surface area contributed by atoms with E-state index in [0.29, 0.717) is 6.61 Å². The first kappa shape index (κ1) is 23.6. The van der Waals surface area contributed by atoms with Gasteiger partial charge in [-0.25, -0.2) is 0 Å². The molecule has 4 aromatic carbocycles. The minimum absolute atomic E-state index is 0.250. The van der Waals surface area contributed by atoms with Gasteiger partial charge < -0.3 is 14.9 Å². The van der Waals surface area contributed by atoms with Crippen molar-refractivity contribution in [1.29, 1.82) is 0 Å². The van der Waals surface area contributed by atoms with Gasteiger partial charge in [0.2, 0.25) is 0 Å². The lowest BCUT2D eigenvalue weighted by Gasteiger charge is -2.26. The van der Waals surface area contributed by atoms with Crippen molar-refractivity contribution in [3.63, 3.8) is 0 Å². The van der Waals surface area contributed by atoms with Crippen LogP contribution in [0.5, 0.6) is 17.2 Å². The molecule has 2 aliphatic rings. The van der Waals surface area contributed by atoms with Crippen LogP contribution in [0.2, 0.25) is 0 Å². The maximum absolute atomic E-state index is 10.4. The van der Waals surface area contributed by atoms with E-state index in [9.17, 15) is 10.2 Å². The Hall–Kier alpha value is -3.76. The van der Waals surface area contributed by atoms with Crippen molar-refractivity contribution in [2.45, 2.75) is 32.1 Å². The number of hydrogen-bond acceptors (Lipinski definition) is 4. The van der Waals surface area contributed by atoms with Gasteiger partial charge in [-0.3, -0.25) is 4.90 Å². The molecule has 0 fully saturated rings. The first-order valence-corrected chi connectivity index (χ1v) is 13.2. The molecule has 0 radical (unpaired) electrons. The summed E-state index contributed by atoms with van der Waals surface area (Å²) in [5, 5.41) is 22.8. The van der Waals surface area contributed by atoms with Crippen molar-refractivity contribution < 1.29 is 14.9 Å². The minimum Gasteiger partial charge on any atom is -0.508 e. The molecule has 6 rings (SSSR count). The Labute approximate surface area is 218 Å². The van der Waals surface area contributed by atoms with Crippen molar-refractivity contribution in [1.82, 2.24) is 4.90 Å². The normalized spacial score (nSPS) is 16.1. The molecule has 0 aromatic heterocycles. The number of nitrogens with zero attached hydrogens (tertiary/aromatic N) is 1. The quantitative estimate of drug-likeness (QED) is 0.220. The maximum Gasteiger partial charge on any atom is 0.119 e. The van der Waals surface area contributed by atoms with Crippen LogP contribution in [0.25, 0.3) is 33.0 Å². The van der Waals surface area contributed by atoms with Crippen LogP contribution in [0.15, 0.2) is 78.9 Å². The smallest absolute Gasteiger partial charge is 0.119 e. The Morgan fingerprint density at radius 2 is 1.73 bits per heavy atom. The highest BCUT2D eigenvalue weighted by Gasteiger charge is 2.39. The van der Waals surface area contributed by atoms with Crippen LogP contribution in [0.1, 0.15) is 37.8 Å². The fourth-order valence-electron chi connectivity index (χ4n) is 6.08. The first-order valence-electron chi connectivity index (χ1n) is 13.2. The minimum atomic E-state index is -0.321. The van der Waals surface area contributed by atoms with Gasteiger partial charge in [0.1, 0.15) is 17.2 Å². The summed E-state index contributed by atoms with van der Waals surface area (Å²) in [6.45, 7) is 8.30. The number of fused-ring (bicyclic) bond motifs is 4. The number of ether oxygens (including phenoxy) is 1. The molecular formula is C33H33NO3. The molecule has 0 bridgehead atoms. The molecule has 4 nitrogen and oxygen atoms in total. The molecule has 4 heteroatoms. The second kappa shape index (κ2) is 9.28. The Morgan fingerprint density at radius 3 is 2.57 bits per heavy atom. The van der Waals surface area contributed by atoms with E-state index >= 15 is 0 Å². The van der Waals surface area contributed by atoms with E-state index < -0.39 is 0 Å². The zero-order valence-electron chi connectivity index (χ0n) is 21.5. The van der Waals surface area contributed by atoms with Gasteiger partial charge >= 0.3 is 0 Å². The average Bonchev–Trinajstić information content (AvgIpc) is 3.12. The maximum atomic E-state index is 10.4. The zero-order chi connectivity index (χ0) is 25.6. The molecule has 0 spiro atoms. The van der Waals surface area contributed by atoms with Gasteiger partial charge in [0, 0.05) is 25.0 Å². The Kier molecular flexibility index (Phi) is 5.92. The van der Waals surface area contributed by atoms with Crippen molar-refractivity contribution in [3.8, 4) is 39.5 Å². The molecular weight excluding hydrogens is 458 g/mol. The van der Waals surface area contributed by atoms with Crippen molar-refractivity contribution in [2.24, 2.45) is 0 Å². The van der Waals surface area contributed by atoms with Crippen LogP contribution in [0.3, 0.4) is 0 Å². The highest BCUT2D eigenvalue weighted by atomic mass is 16.5. The summed E-state index contributed by atoms with van der Waals surface area (Å²) in [4.78, 5) is 2.46. The monoisotopic (exact) mass is 491 g/mol. The third-order valence-electron chi connectivity index (χ3n) is 7.87. The zero-order valence-corrected chi connectivity index (χ0v) is 21.5. The summed E-state index contributed by atoms with van der Waals surface area (Å²) in [6, 6.07) is 21.8. The van der Waals surface area contributed by atoms with E-state index in [-0.39, 0.29) is 16.9 Å². The lowest BCUT2D eigenvalue weighted by molar-refractivity contribution is 0.247. The van der Waals surface area contributed by atoms with Crippen molar-refractivity contribution >= 4 is 10.8 Å². The van der Waals surface area contributed by atoms with E-state index in [1.54, 1.807) is 12.1 Å². The van der Waals surface area contributed by atoms with Crippen LogP contribution in [0.4, 0.5) is 0 Å². The largest absolute Gasteiger partial charge is 0.508 e. The van der Waals surface area contributed by atoms with Gasteiger partial charge in [0.15, 0.2) is 0 Å². The predicted molar refractivity (Wildman–Crippen MR) is 151 cm³/mol. The molecule has 0 unspecified atom stereocenters. The molecule has 4 aromatic rings. The first-order chi connectivity index (χ1) is 17.9. The molecule has 37 heavy (non-hydrogen) atoms. The fraction of sp³-hybridized carbons (Fsp3) is 0.273. The second-order valence-electron chi connectivity index (χ2n) is 10.7. The highest BCUT2D eigenvalue weighted by molar-refractivity contribution is 6.06. The molecule has 0 amide bonds. The van der Waals surface area contributed by atoms with E-state index in [4.69, 9.17) is 4.74 Å². The molecule has 1 heterocycles. The highest BCUT2D eigenvalue weighted by Crippen LogP contribution is 2.55. The number of phenols is 2. The van der Waals surface area contributed by atoms with Crippen molar-refractivity contribution in [3.05, 3.63) is 90.0 Å². The number of rotatable bonds is 6. The van der Waals surface area contributed by atoms with E-state index in [1.165, 1.54) is 11.1 Å². The van der Waals surface area contributed by atoms with Gasteiger partial charge in [0.25, 0.3) is 0 Å². The van der Waals surface area contributed by atoms with Gasteiger partial charge in [-0.1, -0.05) is 50.3 Å². The topological polar surface area (TPSA) is 52.9 Å². The molecule has 2 N–H and O–H groups in total. The van der Waals surface area contributed by atoms with Gasteiger partial charge in [-0.2, -0.15) is 0 Å². The van der Waals surface area contributed by atoms with Gasteiger partial charge in [-0.05, 0) is 99.5 Å². The van der Waals surface area contributed by atoms with Crippen LogP contribution in [0, 0.1) is 0 Å². The third-order valence-corrected chi connectivity index (χ3v) is 7.87. The summed E-state index contributed by atoms with van der Waals surface area (Å²) in [5.41, 5.74) is 6.50. The number of benzene rings is 4. The number of phenolic OH excluding ortho intramolecular Hbond substituents is 2. The van der Waals surface area contributed by atoms with Crippen LogP contribution in [-0.2, 0) is 5.41 Å². The third kappa shape index (κ3) is 4.25. The Balaban J connectivity index is 1.40. The number of aromatic hydroxyl groups is 2. The summed E-state index contributed by atoms with van der Waals surface area (Å²) in [7, 11) is 0. The lowest BCUT2D eigenvalue weighted by Crippen LogP contribution is -2.29. The molecule has 0 atom stereocenters. The molecule has 0 saturated heterocycles. The molecule has 1 aliphatic heterocycles. The SMILES string of the molecule is CC1(C)c2cc(O)ccc2-c2cc3ccc(O)cc3c(-c3cccc(OCCCN4CC=CCC4)c3)c21. The average molecular weight is 492 g/mol. The molecule has 188 valence electrons. The fourth-order valence-corrected chi connectivity index (χ4v) is 6.08. The number of hydrogen-bond donors (Lipinski definition) is 2. The second-order valence-corrected chi connectivity index (χ2v) is 10.7. The van der Waals surface area contributed by atoms with Gasteiger partial charge in [-0.15, -0.1) is 0 Å². The summed E-state index contributed by atoms with van der Waals surface area (Å²) in [5.74, 6) is 1.38. The van der Waals surface area contributed by atoms with Crippen LogP contribution < -0.4 is 4.74 Å². The Bertz CT molecular complexity index is 1520. The van der Waals surface area contributed by atoms with Gasteiger partial charge in [0.05, 0.1) is 6.61 Å². The summed E-state index contributed by atoms with van der Waals surface area (Å²) in [6.07, 6.45) is 6.62. The Morgan fingerprint density at radius 1 is 0.892 bits per heavy atom. The van der Waals surface area contributed by atoms with E-state index in [2.05, 4.69) is 55.2 Å².